The number of benzene rings is 1. The summed E-state index contributed by atoms with van der Waals surface area (Å²) < 4.78 is 63.2. The van der Waals surface area contributed by atoms with Gasteiger partial charge < -0.3 is 5.32 Å². The highest BCUT2D eigenvalue weighted by molar-refractivity contribution is 5.78. The fourth-order valence-corrected chi connectivity index (χ4v) is 2.53. The van der Waals surface area contributed by atoms with Crippen molar-refractivity contribution >= 4 is 5.91 Å². The molecule has 1 fully saturated rings. The fraction of sp³-hybridized carbons (Fsp3) is 0.533. The molecule has 1 aliphatic rings. The lowest BCUT2D eigenvalue weighted by molar-refractivity contribution is -0.137. The first-order valence-electron chi connectivity index (χ1n) is 6.96. The van der Waals surface area contributed by atoms with E-state index in [2.05, 4.69) is 5.32 Å². The van der Waals surface area contributed by atoms with Crippen molar-refractivity contribution in [3.8, 4) is 0 Å². The lowest BCUT2D eigenvalue weighted by Gasteiger charge is -2.12. The van der Waals surface area contributed by atoms with Gasteiger partial charge in [-0.05, 0) is 30.0 Å². The van der Waals surface area contributed by atoms with Crippen LogP contribution in [0.5, 0.6) is 0 Å². The van der Waals surface area contributed by atoms with Crippen LogP contribution in [-0.4, -0.2) is 18.4 Å². The van der Waals surface area contributed by atoms with Gasteiger partial charge in [0.2, 0.25) is 11.8 Å². The molecule has 1 aromatic carbocycles. The van der Waals surface area contributed by atoms with E-state index >= 15 is 0 Å². The van der Waals surface area contributed by atoms with Gasteiger partial charge in [-0.15, -0.1) is 0 Å². The van der Waals surface area contributed by atoms with Crippen LogP contribution < -0.4 is 5.32 Å². The fourth-order valence-electron chi connectivity index (χ4n) is 2.53. The van der Waals surface area contributed by atoms with Gasteiger partial charge in [-0.3, -0.25) is 4.79 Å². The average molecular weight is 321 g/mol. The normalized spacial score (nSPS) is 20.9. The zero-order valence-electron chi connectivity index (χ0n) is 11.7. The van der Waals surface area contributed by atoms with Gasteiger partial charge in [0.25, 0.3) is 0 Å². The number of carbonyl (C=O) groups excluding carboxylic acids is 1. The third kappa shape index (κ3) is 4.68. The molecule has 0 aromatic heterocycles. The molecule has 22 heavy (non-hydrogen) atoms. The minimum atomic E-state index is -4.41. The molecular formula is C15H16F5NO. The highest BCUT2D eigenvalue weighted by Crippen LogP contribution is 2.38. The van der Waals surface area contributed by atoms with E-state index in [0.717, 1.165) is 12.1 Å². The Morgan fingerprint density at radius 1 is 1.23 bits per heavy atom. The predicted octanol–water partition coefficient (Wildman–Crippen LogP) is 3.80. The molecule has 2 nitrogen and oxygen atoms in total. The Hall–Kier alpha value is -1.66. The number of rotatable bonds is 4. The van der Waals surface area contributed by atoms with Crippen LogP contribution in [0.4, 0.5) is 22.0 Å². The van der Waals surface area contributed by atoms with Crippen molar-refractivity contribution in [3.63, 3.8) is 0 Å². The molecule has 0 radical (unpaired) electrons. The SMILES string of the molecule is O=C(Cc1ccc(C(F)(F)F)cc1)NCC1CCC(F)(F)C1. The second-order valence-electron chi connectivity index (χ2n) is 5.64. The van der Waals surface area contributed by atoms with E-state index in [1.165, 1.54) is 12.1 Å². The van der Waals surface area contributed by atoms with E-state index in [1.807, 2.05) is 0 Å². The molecule has 1 atom stereocenters. The Balaban J connectivity index is 1.80. The highest BCUT2D eigenvalue weighted by atomic mass is 19.4. The van der Waals surface area contributed by atoms with Crippen LogP contribution in [0.25, 0.3) is 0 Å². The molecule has 0 saturated heterocycles. The zero-order valence-corrected chi connectivity index (χ0v) is 11.7. The minimum absolute atomic E-state index is 0.0682. The molecule has 1 saturated carbocycles. The summed E-state index contributed by atoms with van der Waals surface area (Å²) in [5.41, 5.74) is -0.327. The number of amides is 1. The number of alkyl halides is 5. The van der Waals surface area contributed by atoms with Crippen molar-refractivity contribution in [1.82, 2.24) is 5.32 Å². The number of hydrogen-bond acceptors (Lipinski definition) is 1. The molecule has 122 valence electrons. The number of hydrogen-bond donors (Lipinski definition) is 1. The Labute approximate surface area is 124 Å². The van der Waals surface area contributed by atoms with E-state index < -0.39 is 17.7 Å². The van der Waals surface area contributed by atoms with Crippen molar-refractivity contribution in [3.05, 3.63) is 35.4 Å². The summed E-state index contributed by atoms with van der Waals surface area (Å²) in [5.74, 6) is -3.27. The van der Waals surface area contributed by atoms with Crippen molar-refractivity contribution in [2.45, 2.75) is 37.8 Å². The molecule has 0 aliphatic heterocycles. The molecular weight excluding hydrogens is 305 g/mol. The standard InChI is InChI=1S/C15H16F5NO/c16-14(17)6-5-11(8-14)9-21-13(22)7-10-1-3-12(4-2-10)15(18,19)20/h1-4,11H,5-9H2,(H,21,22). The highest BCUT2D eigenvalue weighted by Gasteiger charge is 2.39. The Morgan fingerprint density at radius 2 is 1.86 bits per heavy atom. The van der Waals surface area contributed by atoms with Crippen LogP contribution in [0.3, 0.4) is 0 Å². The molecule has 0 bridgehead atoms. The van der Waals surface area contributed by atoms with E-state index in [4.69, 9.17) is 0 Å². The van der Waals surface area contributed by atoms with Gasteiger partial charge in [0.1, 0.15) is 0 Å². The quantitative estimate of drug-likeness (QED) is 0.840. The molecule has 1 N–H and O–H groups in total. The first-order valence-corrected chi connectivity index (χ1v) is 6.96. The maximum absolute atomic E-state index is 13.0. The van der Waals surface area contributed by atoms with Crippen LogP contribution in [0.1, 0.15) is 30.4 Å². The van der Waals surface area contributed by atoms with E-state index in [0.29, 0.717) is 12.0 Å². The molecule has 0 spiro atoms. The number of carbonyl (C=O) groups is 1. The molecule has 1 unspecified atom stereocenters. The first kappa shape index (κ1) is 16.7. The van der Waals surface area contributed by atoms with Crippen molar-refractivity contribution in [1.29, 1.82) is 0 Å². The maximum atomic E-state index is 13.0. The number of nitrogens with one attached hydrogen (secondary N) is 1. The molecule has 0 heterocycles. The topological polar surface area (TPSA) is 29.1 Å². The Kier molecular flexibility index (Phi) is 4.72. The Morgan fingerprint density at radius 3 is 2.36 bits per heavy atom. The summed E-state index contributed by atoms with van der Waals surface area (Å²) in [6.07, 6.45) is -4.50. The summed E-state index contributed by atoms with van der Waals surface area (Å²) in [7, 11) is 0. The van der Waals surface area contributed by atoms with Crippen LogP contribution in [0.2, 0.25) is 0 Å². The van der Waals surface area contributed by atoms with Crippen molar-refractivity contribution in [2.75, 3.05) is 6.54 Å². The molecule has 1 amide bonds. The summed E-state index contributed by atoms with van der Waals surface area (Å²) >= 11 is 0. The van der Waals surface area contributed by atoms with Gasteiger partial charge in [0.05, 0.1) is 12.0 Å². The Bertz CT molecular complexity index is 524. The van der Waals surface area contributed by atoms with Gasteiger partial charge in [-0.2, -0.15) is 13.2 Å². The average Bonchev–Trinajstić information content (AvgIpc) is 2.76. The van der Waals surface area contributed by atoms with Crippen molar-refractivity contribution in [2.24, 2.45) is 5.92 Å². The van der Waals surface area contributed by atoms with Crippen LogP contribution in [-0.2, 0) is 17.4 Å². The largest absolute Gasteiger partial charge is 0.416 e. The van der Waals surface area contributed by atoms with E-state index in [1.54, 1.807) is 0 Å². The van der Waals surface area contributed by atoms with Crippen molar-refractivity contribution < 1.29 is 26.7 Å². The van der Waals surface area contributed by atoms with Gasteiger partial charge in [0, 0.05) is 19.4 Å². The molecule has 7 heteroatoms. The minimum Gasteiger partial charge on any atom is -0.356 e. The van der Waals surface area contributed by atoms with Crippen LogP contribution in [0.15, 0.2) is 24.3 Å². The zero-order chi connectivity index (χ0) is 16.4. The maximum Gasteiger partial charge on any atom is 0.416 e. The second-order valence-corrected chi connectivity index (χ2v) is 5.64. The molecule has 2 rings (SSSR count). The monoisotopic (exact) mass is 321 g/mol. The summed E-state index contributed by atoms with van der Waals surface area (Å²) in [4.78, 5) is 11.7. The van der Waals surface area contributed by atoms with Crippen LogP contribution in [0, 0.1) is 5.92 Å². The van der Waals surface area contributed by atoms with E-state index in [9.17, 15) is 26.7 Å². The second kappa shape index (κ2) is 6.22. The third-order valence-corrected chi connectivity index (χ3v) is 3.74. The summed E-state index contributed by atoms with van der Waals surface area (Å²) in [6, 6.07) is 4.32. The lowest BCUT2D eigenvalue weighted by Crippen LogP contribution is -2.30. The lowest BCUT2D eigenvalue weighted by atomic mass is 10.1. The van der Waals surface area contributed by atoms with Gasteiger partial charge in [-0.1, -0.05) is 12.1 Å². The number of halogens is 5. The molecule has 1 aliphatic carbocycles. The smallest absolute Gasteiger partial charge is 0.356 e. The molecule has 1 aromatic rings. The predicted molar refractivity (Wildman–Crippen MR) is 70.4 cm³/mol. The van der Waals surface area contributed by atoms with Gasteiger partial charge in [-0.25, -0.2) is 8.78 Å². The van der Waals surface area contributed by atoms with Gasteiger partial charge in [0.15, 0.2) is 0 Å². The van der Waals surface area contributed by atoms with E-state index in [-0.39, 0.29) is 37.6 Å². The summed E-state index contributed by atoms with van der Waals surface area (Å²) in [6.45, 7) is 0.176. The van der Waals surface area contributed by atoms with Crippen LogP contribution >= 0.6 is 0 Å². The summed E-state index contributed by atoms with van der Waals surface area (Å²) in [5, 5.41) is 2.56. The third-order valence-electron chi connectivity index (χ3n) is 3.74. The van der Waals surface area contributed by atoms with Gasteiger partial charge >= 0.3 is 6.18 Å². The first-order chi connectivity index (χ1) is 10.2.